The Labute approximate surface area is 323 Å². The van der Waals surface area contributed by atoms with Gasteiger partial charge in [0.25, 0.3) is 0 Å². The van der Waals surface area contributed by atoms with E-state index < -0.39 is 5.82 Å². The number of Topliss-reactive ketones (excluding diaryl/α,β-unsaturated/α-hetero) is 1. The number of unbranched alkanes of at least 4 members (excludes halogenated alkanes) is 1. The van der Waals surface area contributed by atoms with E-state index in [1.807, 2.05) is 58.9 Å². The van der Waals surface area contributed by atoms with Gasteiger partial charge in [0, 0.05) is 22.6 Å². The van der Waals surface area contributed by atoms with Crippen molar-refractivity contribution in [1.29, 1.82) is 0 Å². The lowest BCUT2D eigenvalue weighted by atomic mass is 9.84. The number of hydrogen-bond acceptors (Lipinski definition) is 3. The topological polar surface area (TPSA) is 50.4 Å². The first-order valence-electron chi connectivity index (χ1n) is 19.3. The van der Waals surface area contributed by atoms with E-state index in [9.17, 15) is 14.3 Å². The van der Waals surface area contributed by atoms with E-state index in [4.69, 9.17) is 16.0 Å². The van der Waals surface area contributed by atoms with Gasteiger partial charge in [-0.05, 0) is 78.8 Å². The Kier molecular flexibility index (Phi) is 25.3. The zero-order valence-corrected chi connectivity index (χ0v) is 36.6. The van der Waals surface area contributed by atoms with Gasteiger partial charge in [-0.3, -0.25) is 4.79 Å². The lowest BCUT2D eigenvalue weighted by Gasteiger charge is -2.20. The van der Waals surface area contributed by atoms with Gasteiger partial charge in [-0.1, -0.05) is 171 Å². The first-order chi connectivity index (χ1) is 24.1. The van der Waals surface area contributed by atoms with E-state index >= 15 is 0 Å². The number of benzene rings is 1. The first-order valence-corrected chi connectivity index (χ1v) is 19.7. The number of carbonyl (C=O) groups is 1. The molecule has 1 heterocycles. The highest BCUT2D eigenvalue weighted by molar-refractivity contribution is 6.30. The van der Waals surface area contributed by atoms with Crippen LogP contribution in [0.2, 0.25) is 5.02 Å². The van der Waals surface area contributed by atoms with Crippen molar-refractivity contribution in [1.82, 2.24) is 0 Å². The summed E-state index contributed by atoms with van der Waals surface area (Å²) in [5.74, 6) is 0.499. The van der Waals surface area contributed by atoms with E-state index in [0.717, 1.165) is 40.3 Å². The molecule has 0 fully saturated rings. The molecule has 0 aliphatic heterocycles. The third kappa shape index (κ3) is 20.2. The zero-order valence-electron chi connectivity index (χ0n) is 35.8. The Morgan fingerprint density at radius 2 is 1.54 bits per heavy atom. The van der Waals surface area contributed by atoms with Gasteiger partial charge in [0.1, 0.15) is 11.2 Å². The highest BCUT2D eigenvalue weighted by Gasteiger charge is 2.22. The fourth-order valence-corrected chi connectivity index (χ4v) is 4.80. The van der Waals surface area contributed by atoms with Crippen LogP contribution in [0, 0.1) is 28.5 Å². The lowest BCUT2D eigenvalue weighted by Crippen LogP contribution is -2.27. The maximum absolute atomic E-state index is 13.9. The van der Waals surface area contributed by atoms with Gasteiger partial charge in [0.15, 0.2) is 5.76 Å². The Hall–Kier alpha value is -3.11. The molecule has 52 heavy (non-hydrogen) atoms. The summed E-state index contributed by atoms with van der Waals surface area (Å²) >= 11 is 5.82. The molecular formula is C47H74ClFO3. The lowest BCUT2D eigenvalue weighted by molar-refractivity contribution is 0.0909. The maximum atomic E-state index is 13.9. The summed E-state index contributed by atoms with van der Waals surface area (Å²) in [7, 11) is 0. The van der Waals surface area contributed by atoms with Crippen LogP contribution in [-0.2, 0) is 0 Å². The number of aliphatic hydroxyl groups excluding tert-OH is 1. The SMILES string of the molecule is C=C/C=C\C(C)=C(\O)C(C)CC.CCCC.CCCC(C)(C)C.CC\C=c1/cc(C(=O)C(C)C)o/c1=C(/C=C(\C)c1ccc(Cl)c(F)c1)C(C)(C)C. The summed E-state index contributed by atoms with van der Waals surface area (Å²) in [5.41, 5.74) is 4.50. The van der Waals surface area contributed by atoms with Crippen LogP contribution in [0.3, 0.4) is 0 Å². The summed E-state index contributed by atoms with van der Waals surface area (Å²) in [6, 6.07) is 6.62. The standard InChI is InChI=1S/C25H30ClFO2.C11H18O.C7H16.C4H10/c1-8-9-18-14-22(23(28)15(2)3)29-24(18)19(25(5,6)7)12-16(4)17-10-11-20(26)21(27)13-17;1-5-7-8-10(4)11(12)9(3)6-2;1-5-6-7(2,3)4;1-3-4-2/h9-15H,8H2,1-7H3;5,7-9,12H,1,6H2,2-4H3;5-6H2,1-4H3;3-4H2,1-2H3/b16-12+,18-9+,24-19-;8-7-,11-10+;;. The van der Waals surface area contributed by atoms with Gasteiger partial charge in [-0.2, -0.15) is 0 Å². The van der Waals surface area contributed by atoms with Crippen molar-refractivity contribution in [2.75, 3.05) is 0 Å². The Morgan fingerprint density at radius 1 is 0.962 bits per heavy atom. The summed E-state index contributed by atoms with van der Waals surface area (Å²) in [4.78, 5) is 12.5. The number of carbonyl (C=O) groups excluding carboxylic acids is 1. The van der Waals surface area contributed by atoms with Crippen molar-refractivity contribution in [3.8, 4) is 0 Å². The van der Waals surface area contributed by atoms with Crippen LogP contribution < -0.4 is 10.6 Å². The van der Waals surface area contributed by atoms with Crippen molar-refractivity contribution < 1.29 is 18.7 Å². The van der Waals surface area contributed by atoms with Crippen LogP contribution in [-0.4, -0.2) is 10.9 Å². The third-order valence-corrected chi connectivity index (χ3v) is 8.51. The zero-order chi connectivity index (χ0) is 40.8. The molecule has 294 valence electrons. The van der Waals surface area contributed by atoms with Crippen LogP contribution in [0.5, 0.6) is 0 Å². The second-order valence-corrected chi connectivity index (χ2v) is 16.3. The van der Waals surface area contributed by atoms with Gasteiger partial charge in [0.2, 0.25) is 5.78 Å². The quantitative estimate of drug-likeness (QED) is 0.142. The van der Waals surface area contributed by atoms with Gasteiger partial charge in [0.05, 0.1) is 10.8 Å². The van der Waals surface area contributed by atoms with E-state index in [1.54, 1.807) is 18.2 Å². The molecule has 0 aliphatic carbocycles. The number of hydrogen-bond donors (Lipinski definition) is 1. The minimum atomic E-state index is -0.447. The molecule has 5 heteroatoms. The van der Waals surface area contributed by atoms with Gasteiger partial charge in [-0.15, -0.1) is 0 Å². The Balaban J connectivity index is 0. The van der Waals surface area contributed by atoms with Crippen LogP contribution in [0.1, 0.15) is 165 Å². The van der Waals surface area contributed by atoms with Crippen molar-refractivity contribution in [2.45, 2.75) is 149 Å². The minimum Gasteiger partial charge on any atom is -0.512 e. The monoisotopic (exact) mass is 741 g/mol. The smallest absolute Gasteiger partial charge is 0.200 e. The normalized spacial score (nSPS) is 14.0. The molecule has 0 amide bonds. The van der Waals surface area contributed by atoms with Crippen molar-refractivity contribution in [3.05, 3.63) is 99.3 Å². The summed E-state index contributed by atoms with van der Waals surface area (Å²) < 4.78 is 20.0. The van der Waals surface area contributed by atoms with Gasteiger partial charge >= 0.3 is 0 Å². The van der Waals surface area contributed by atoms with E-state index in [0.29, 0.717) is 22.3 Å². The number of aliphatic hydroxyl groups is 1. The van der Waals surface area contributed by atoms with Crippen LogP contribution in [0.15, 0.2) is 70.9 Å². The highest BCUT2D eigenvalue weighted by Crippen LogP contribution is 2.30. The summed E-state index contributed by atoms with van der Waals surface area (Å²) in [6.07, 6.45) is 16.5. The predicted octanol–water partition coefficient (Wildman–Crippen LogP) is 14.6. The van der Waals surface area contributed by atoms with Crippen molar-refractivity contribution >= 4 is 34.6 Å². The summed E-state index contributed by atoms with van der Waals surface area (Å²) in [5, 5.41) is 10.6. The second-order valence-electron chi connectivity index (χ2n) is 15.9. The number of allylic oxidation sites excluding steroid dienone is 7. The molecule has 1 unspecified atom stereocenters. The number of rotatable bonds is 11. The fourth-order valence-electron chi connectivity index (χ4n) is 4.69. The average molecular weight is 742 g/mol. The molecule has 0 saturated carbocycles. The number of furan rings is 1. The van der Waals surface area contributed by atoms with E-state index in [2.05, 4.69) is 88.8 Å². The predicted molar refractivity (Wildman–Crippen MR) is 229 cm³/mol. The molecular weight excluding hydrogens is 667 g/mol. The third-order valence-electron chi connectivity index (χ3n) is 8.21. The van der Waals surface area contributed by atoms with E-state index in [-0.39, 0.29) is 28.1 Å². The van der Waals surface area contributed by atoms with Gasteiger partial charge < -0.3 is 9.52 Å². The molecule has 2 rings (SSSR count). The van der Waals surface area contributed by atoms with Crippen LogP contribution >= 0.6 is 11.6 Å². The molecule has 1 N–H and O–H groups in total. The number of halogens is 2. The molecule has 0 saturated heterocycles. The largest absolute Gasteiger partial charge is 0.512 e. The molecule has 1 aromatic heterocycles. The highest BCUT2D eigenvalue weighted by atomic mass is 35.5. The Bertz CT molecular complexity index is 1570. The van der Waals surface area contributed by atoms with Crippen LogP contribution in [0.4, 0.5) is 4.39 Å². The minimum absolute atomic E-state index is 0.0178. The summed E-state index contributed by atoms with van der Waals surface area (Å²) in [6.45, 7) is 36.9. The van der Waals surface area contributed by atoms with E-state index in [1.165, 1.54) is 31.7 Å². The van der Waals surface area contributed by atoms with Crippen molar-refractivity contribution in [2.24, 2.45) is 22.7 Å². The molecule has 0 spiro atoms. The van der Waals surface area contributed by atoms with Gasteiger partial charge in [-0.25, -0.2) is 4.39 Å². The second kappa shape index (κ2) is 25.8. The van der Waals surface area contributed by atoms with Crippen molar-refractivity contribution in [3.63, 3.8) is 0 Å². The maximum Gasteiger partial charge on any atom is 0.200 e. The Morgan fingerprint density at radius 3 is 1.92 bits per heavy atom. The molecule has 3 nitrogen and oxygen atoms in total. The van der Waals surface area contributed by atoms with Crippen LogP contribution in [0.25, 0.3) is 17.2 Å². The molecule has 2 aromatic rings. The molecule has 0 radical (unpaired) electrons. The number of ketones is 1. The first kappa shape index (κ1) is 51.0. The molecule has 0 aliphatic rings. The molecule has 1 aromatic carbocycles. The molecule has 0 bridgehead atoms. The average Bonchev–Trinajstić information content (AvgIpc) is 3.48. The molecule has 1 atom stereocenters. The fraction of sp³-hybridized carbons (Fsp3) is 0.553.